The van der Waals surface area contributed by atoms with Crippen molar-refractivity contribution in [2.45, 2.75) is 44.6 Å². The number of rotatable bonds is 3. The van der Waals surface area contributed by atoms with E-state index in [-0.39, 0.29) is 11.9 Å². The van der Waals surface area contributed by atoms with Gasteiger partial charge < -0.3 is 5.73 Å². The summed E-state index contributed by atoms with van der Waals surface area (Å²) >= 11 is 3.28. The van der Waals surface area contributed by atoms with E-state index in [1.165, 1.54) is 44.6 Å². The number of piperidine rings is 1. The highest BCUT2D eigenvalue weighted by Crippen LogP contribution is 2.47. The van der Waals surface area contributed by atoms with E-state index in [1.807, 2.05) is 12.1 Å². The van der Waals surface area contributed by atoms with Gasteiger partial charge in [0.25, 0.3) is 0 Å². The summed E-state index contributed by atoms with van der Waals surface area (Å²) < 4.78 is 13.9. The molecular weight excluding hydrogens is 331 g/mol. The van der Waals surface area contributed by atoms with Crippen LogP contribution in [0.5, 0.6) is 0 Å². The monoisotopic (exact) mass is 354 g/mol. The Balaban J connectivity index is 1.70. The van der Waals surface area contributed by atoms with Crippen molar-refractivity contribution in [1.82, 2.24) is 4.90 Å². The normalized spacial score (nSPS) is 23.6. The summed E-state index contributed by atoms with van der Waals surface area (Å²) in [7, 11) is 0. The molecule has 0 radical (unpaired) electrons. The second-order valence-corrected chi connectivity index (χ2v) is 7.52. The summed E-state index contributed by atoms with van der Waals surface area (Å²) in [6.45, 7) is 2.83. The first kappa shape index (κ1) is 15.4. The Hall–Kier alpha value is -0.450. The Kier molecular flexibility index (Phi) is 4.67. The fourth-order valence-electron chi connectivity index (χ4n) is 4.15. The second kappa shape index (κ2) is 6.35. The van der Waals surface area contributed by atoms with Gasteiger partial charge in [0.05, 0.1) is 4.47 Å². The van der Waals surface area contributed by atoms with Crippen LogP contribution < -0.4 is 5.73 Å². The highest BCUT2D eigenvalue weighted by molar-refractivity contribution is 9.10. The van der Waals surface area contributed by atoms with Gasteiger partial charge in [-0.3, -0.25) is 4.90 Å². The summed E-state index contributed by atoms with van der Waals surface area (Å²) in [5.74, 6) is -0.210. The first-order valence-corrected chi connectivity index (χ1v) is 8.82. The predicted molar refractivity (Wildman–Crippen MR) is 87.6 cm³/mol. The van der Waals surface area contributed by atoms with E-state index in [0.29, 0.717) is 16.4 Å². The van der Waals surface area contributed by atoms with Crippen LogP contribution in [0, 0.1) is 11.2 Å². The summed E-state index contributed by atoms with van der Waals surface area (Å²) in [4.78, 5) is 2.49. The Morgan fingerprint density at radius 2 is 1.86 bits per heavy atom. The molecule has 21 heavy (non-hydrogen) atoms. The molecule has 0 amide bonds. The maximum Gasteiger partial charge on any atom is 0.137 e. The molecule has 1 heterocycles. The van der Waals surface area contributed by atoms with E-state index < -0.39 is 0 Å². The maximum absolute atomic E-state index is 13.4. The lowest BCUT2D eigenvalue weighted by molar-refractivity contribution is 0.0780. The quantitative estimate of drug-likeness (QED) is 0.879. The summed E-state index contributed by atoms with van der Waals surface area (Å²) in [5, 5.41) is 0. The van der Waals surface area contributed by atoms with Gasteiger partial charge in [0, 0.05) is 12.6 Å². The minimum atomic E-state index is -0.210. The number of hydrogen-bond acceptors (Lipinski definition) is 2. The van der Waals surface area contributed by atoms with Crippen molar-refractivity contribution in [2.75, 3.05) is 19.6 Å². The lowest BCUT2D eigenvalue weighted by Gasteiger charge is -2.42. The van der Waals surface area contributed by atoms with Crippen molar-refractivity contribution in [3.63, 3.8) is 0 Å². The number of nitrogens with two attached hydrogens (primary N) is 1. The third-order valence-corrected chi connectivity index (χ3v) is 6.12. The minimum Gasteiger partial charge on any atom is -0.329 e. The van der Waals surface area contributed by atoms with E-state index in [9.17, 15) is 4.39 Å². The number of likely N-dealkylation sites (tertiary alicyclic amines) is 1. The van der Waals surface area contributed by atoms with Crippen molar-refractivity contribution in [3.05, 3.63) is 34.1 Å². The van der Waals surface area contributed by atoms with Gasteiger partial charge in [0.2, 0.25) is 0 Å². The molecule has 1 aromatic carbocycles. The largest absolute Gasteiger partial charge is 0.329 e. The number of nitrogens with zero attached hydrogens (tertiary/aromatic N) is 1. The van der Waals surface area contributed by atoms with E-state index in [1.54, 1.807) is 0 Å². The van der Waals surface area contributed by atoms with Crippen molar-refractivity contribution in [2.24, 2.45) is 11.1 Å². The predicted octanol–water partition coefficient (Wildman–Crippen LogP) is 4.24. The zero-order valence-corrected chi connectivity index (χ0v) is 14.0. The molecule has 1 spiro atoms. The van der Waals surface area contributed by atoms with Gasteiger partial charge in [0.1, 0.15) is 5.82 Å². The molecule has 0 bridgehead atoms. The zero-order chi connectivity index (χ0) is 14.9. The van der Waals surface area contributed by atoms with E-state index in [4.69, 9.17) is 5.73 Å². The molecule has 2 aliphatic rings. The topological polar surface area (TPSA) is 29.3 Å². The average molecular weight is 355 g/mol. The molecule has 1 aliphatic heterocycles. The van der Waals surface area contributed by atoms with Crippen LogP contribution in [0.1, 0.15) is 50.1 Å². The van der Waals surface area contributed by atoms with Crippen LogP contribution in [0.15, 0.2) is 22.7 Å². The fraction of sp³-hybridized carbons (Fsp3) is 0.647. The molecule has 4 heteroatoms. The molecule has 2 N–H and O–H groups in total. The zero-order valence-electron chi connectivity index (χ0n) is 12.5. The first-order valence-electron chi connectivity index (χ1n) is 8.03. The number of hydrogen-bond donors (Lipinski definition) is 1. The molecule has 1 aromatic rings. The average Bonchev–Trinajstić information content (AvgIpc) is 2.94. The van der Waals surface area contributed by atoms with E-state index in [2.05, 4.69) is 20.8 Å². The SMILES string of the molecule is NCC(c1ccc(F)c(Br)c1)N1CCC2(CCCC2)CC1. The fourth-order valence-corrected chi connectivity index (χ4v) is 4.55. The smallest absolute Gasteiger partial charge is 0.137 e. The van der Waals surface area contributed by atoms with E-state index >= 15 is 0 Å². The van der Waals surface area contributed by atoms with Crippen LogP contribution in [-0.2, 0) is 0 Å². The highest BCUT2D eigenvalue weighted by Gasteiger charge is 2.38. The van der Waals surface area contributed by atoms with Crippen molar-refractivity contribution >= 4 is 15.9 Å². The Bertz CT molecular complexity index is 490. The summed E-state index contributed by atoms with van der Waals surface area (Å²) in [6.07, 6.45) is 8.24. The van der Waals surface area contributed by atoms with Crippen molar-refractivity contribution in [3.8, 4) is 0 Å². The number of halogens is 2. The van der Waals surface area contributed by atoms with Gasteiger partial charge in [-0.1, -0.05) is 18.9 Å². The van der Waals surface area contributed by atoms with Gasteiger partial charge in [0.15, 0.2) is 0 Å². The van der Waals surface area contributed by atoms with Crippen molar-refractivity contribution in [1.29, 1.82) is 0 Å². The minimum absolute atomic E-state index is 0.209. The molecule has 1 atom stereocenters. The van der Waals surface area contributed by atoms with Gasteiger partial charge in [-0.2, -0.15) is 0 Å². The van der Waals surface area contributed by atoms with Crippen LogP contribution in [-0.4, -0.2) is 24.5 Å². The van der Waals surface area contributed by atoms with Crippen LogP contribution >= 0.6 is 15.9 Å². The number of benzene rings is 1. The van der Waals surface area contributed by atoms with Gasteiger partial charge in [-0.25, -0.2) is 4.39 Å². The molecule has 1 saturated heterocycles. The van der Waals surface area contributed by atoms with E-state index in [0.717, 1.165) is 18.7 Å². The van der Waals surface area contributed by atoms with Crippen LogP contribution in [0.2, 0.25) is 0 Å². The second-order valence-electron chi connectivity index (χ2n) is 6.67. The molecule has 1 aliphatic carbocycles. The molecule has 2 fully saturated rings. The summed E-state index contributed by atoms with van der Waals surface area (Å²) in [6, 6.07) is 5.50. The van der Waals surface area contributed by atoms with Gasteiger partial charge >= 0.3 is 0 Å². The third kappa shape index (κ3) is 3.17. The third-order valence-electron chi connectivity index (χ3n) is 5.52. The molecule has 1 saturated carbocycles. The lowest BCUT2D eigenvalue weighted by Crippen LogP contribution is -2.43. The van der Waals surface area contributed by atoms with Crippen LogP contribution in [0.4, 0.5) is 4.39 Å². The summed E-state index contributed by atoms with van der Waals surface area (Å²) in [5.41, 5.74) is 7.76. The van der Waals surface area contributed by atoms with Crippen LogP contribution in [0.25, 0.3) is 0 Å². The molecule has 0 aromatic heterocycles. The Morgan fingerprint density at radius 1 is 1.19 bits per heavy atom. The van der Waals surface area contributed by atoms with Crippen molar-refractivity contribution < 1.29 is 4.39 Å². The van der Waals surface area contributed by atoms with Gasteiger partial charge in [-0.05, 0) is 77.8 Å². The van der Waals surface area contributed by atoms with Gasteiger partial charge in [-0.15, -0.1) is 0 Å². The standard InChI is InChI=1S/C17H24BrFN2/c18-14-11-13(3-4-15(14)19)16(12-20)21-9-7-17(8-10-21)5-1-2-6-17/h3-4,11,16H,1-2,5-10,12,20H2. The maximum atomic E-state index is 13.4. The highest BCUT2D eigenvalue weighted by atomic mass is 79.9. The molecule has 3 rings (SSSR count). The Morgan fingerprint density at radius 3 is 2.43 bits per heavy atom. The molecular formula is C17H24BrFN2. The molecule has 1 unspecified atom stereocenters. The molecule has 116 valence electrons. The Labute approximate surface area is 135 Å². The lowest BCUT2D eigenvalue weighted by atomic mass is 9.76. The van der Waals surface area contributed by atoms with Crippen LogP contribution in [0.3, 0.4) is 0 Å². The molecule has 2 nitrogen and oxygen atoms in total. The first-order chi connectivity index (χ1) is 10.1.